The number of hydrogen-bond acceptors (Lipinski definition) is 2. The van der Waals surface area contributed by atoms with Crippen LogP contribution in [0.2, 0.25) is 0 Å². The Hall–Kier alpha value is 0.0800. The van der Waals surface area contributed by atoms with Crippen LogP contribution in [0.5, 0.6) is 0 Å². The molecule has 0 aliphatic heterocycles. The summed E-state index contributed by atoms with van der Waals surface area (Å²) < 4.78 is 0. The first-order valence-corrected chi connectivity index (χ1v) is 9.88. The molecule has 1 aromatic rings. The molecule has 5 heteroatoms. The molecule has 0 bridgehead atoms. The lowest BCUT2D eigenvalue weighted by molar-refractivity contribution is 0.0690. The van der Waals surface area contributed by atoms with Gasteiger partial charge in [0, 0.05) is 43.4 Å². The lowest BCUT2D eigenvalue weighted by Gasteiger charge is -1.87. The first-order valence-electron chi connectivity index (χ1n) is 3.59. The fourth-order valence-electron chi connectivity index (χ4n) is 0.489. The number of carboxylic acid groups (broad SMARTS) is 1. The van der Waals surface area contributed by atoms with E-state index in [0.29, 0.717) is 0 Å². The molecule has 0 spiro atoms. The molecule has 0 aromatic carbocycles. The first kappa shape index (κ1) is 15.5. The van der Waals surface area contributed by atoms with Crippen molar-refractivity contribution in [3.8, 4) is 0 Å². The zero-order chi connectivity index (χ0) is 10.7. The van der Waals surface area contributed by atoms with E-state index >= 15 is 0 Å². The van der Waals surface area contributed by atoms with Gasteiger partial charge < -0.3 is 5.11 Å². The van der Waals surface area contributed by atoms with E-state index in [-0.39, 0.29) is 5.69 Å². The lowest BCUT2D eigenvalue weighted by Crippen LogP contribution is -1.97. The van der Waals surface area contributed by atoms with E-state index in [1.54, 1.807) is 12.1 Å². The van der Waals surface area contributed by atoms with Crippen molar-refractivity contribution in [2.75, 3.05) is 0 Å². The van der Waals surface area contributed by atoms with Crippen molar-refractivity contribution in [1.82, 2.24) is 4.98 Å². The summed E-state index contributed by atoms with van der Waals surface area (Å²) in [6, 6.07) is 4.76. The summed E-state index contributed by atoms with van der Waals surface area (Å²) in [6.45, 7) is 4.00. The molecule has 74 valence electrons. The molecule has 13 heavy (non-hydrogen) atoms. The Kier molecular flexibility index (Phi) is 14.4. The standard InChI is InChI=1S/C6H5NO2.C2H6.I2/c8-6(9)5-3-1-2-4-7-5;2*1-2/h1-4H,(H,8,9);1-2H3;. The van der Waals surface area contributed by atoms with E-state index < -0.39 is 5.97 Å². The Bertz CT molecular complexity index is 217. The maximum atomic E-state index is 10.1. The summed E-state index contributed by atoms with van der Waals surface area (Å²) in [5, 5.41) is 8.32. The highest BCUT2D eigenvalue weighted by atomic mass is 128. The van der Waals surface area contributed by atoms with E-state index in [4.69, 9.17) is 5.11 Å². The van der Waals surface area contributed by atoms with E-state index in [1.165, 1.54) is 12.3 Å². The van der Waals surface area contributed by atoms with Gasteiger partial charge in [-0.2, -0.15) is 0 Å². The maximum Gasteiger partial charge on any atom is 0.354 e. The van der Waals surface area contributed by atoms with Gasteiger partial charge in [0.05, 0.1) is 0 Å². The predicted molar refractivity (Wildman–Crippen MR) is 70.6 cm³/mol. The lowest BCUT2D eigenvalue weighted by atomic mass is 10.4. The van der Waals surface area contributed by atoms with E-state index in [1.807, 2.05) is 13.8 Å². The van der Waals surface area contributed by atoms with Gasteiger partial charge in [0.1, 0.15) is 5.69 Å². The fraction of sp³-hybridized carbons (Fsp3) is 0.250. The highest BCUT2D eigenvalue weighted by Gasteiger charge is 1.98. The van der Waals surface area contributed by atoms with Crippen molar-refractivity contribution in [3.05, 3.63) is 30.1 Å². The molecule has 0 radical (unpaired) electrons. The summed E-state index contributed by atoms with van der Waals surface area (Å²) in [5.41, 5.74) is 0.0810. The van der Waals surface area contributed by atoms with Gasteiger partial charge in [-0.1, -0.05) is 19.9 Å². The van der Waals surface area contributed by atoms with E-state index in [2.05, 4.69) is 42.2 Å². The Morgan fingerprint density at radius 2 is 1.92 bits per heavy atom. The van der Waals surface area contributed by atoms with Gasteiger partial charge in [0.25, 0.3) is 0 Å². The minimum Gasteiger partial charge on any atom is -0.477 e. The van der Waals surface area contributed by atoms with E-state index in [9.17, 15) is 4.79 Å². The molecule has 0 unspecified atom stereocenters. The summed E-state index contributed by atoms with van der Waals surface area (Å²) in [4.78, 5) is 13.7. The van der Waals surface area contributed by atoms with Crippen LogP contribution in [0.15, 0.2) is 24.4 Å². The minimum absolute atomic E-state index is 0.0810. The topological polar surface area (TPSA) is 50.2 Å². The first-order chi connectivity index (χ1) is 6.30. The molecule has 0 fully saturated rings. The molecule has 0 saturated heterocycles. The minimum atomic E-state index is -0.990. The molecule has 0 saturated carbocycles. The zero-order valence-electron chi connectivity index (χ0n) is 7.37. The summed E-state index contributed by atoms with van der Waals surface area (Å²) in [6.07, 6.45) is 1.45. The third-order valence-corrected chi connectivity index (χ3v) is 0.884. The third kappa shape index (κ3) is 8.41. The van der Waals surface area contributed by atoms with Crippen LogP contribution in [0.4, 0.5) is 0 Å². The molecule has 1 rings (SSSR count). The third-order valence-electron chi connectivity index (χ3n) is 0.884. The van der Waals surface area contributed by atoms with Crippen LogP contribution < -0.4 is 0 Å². The number of halogens is 2. The highest BCUT2D eigenvalue weighted by Crippen LogP contribution is 1.90. The van der Waals surface area contributed by atoms with Crippen LogP contribution in [0, 0.1) is 0 Å². The van der Waals surface area contributed by atoms with Gasteiger partial charge >= 0.3 is 5.97 Å². The Morgan fingerprint density at radius 1 is 1.38 bits per heavy atom. The second kappa shape index (κ2) is 12.1. The molecule has 0 atom stereocenters. The van der Waals surface area contributed by atoms with Crippen molar-refractivity contribution in [1.29, 1.82) is 0 Å². The molecular weight excluding hydrogens is 396 g/mol. The maximum absolute atomic E-state index is 10.1. The van der Waals surface area contributed by atoms with Gasteiger partial charge in [0.2, 0.25) is 0 Å². The average Bonchev–Trinajstić information content (AvgIpc) is 2.25. The molecule has 1 aromatic heterocycles. The smallest absolute Gasteiger partial charge is 0.354 e. The largest absolute Gasteiger partial charge is 0.477 e. The summed E-state index contributed by atoms with van der Waals surface area (Å²) in [7, 11) is 0. The normalized spacial score (nSPS) is 7.08. The van der Waals surface area contributed by atoms with Gasteiger partial charge in [-0.15, -0.1) is 0 Å². The van der Waals surface area contributed by atoms with Crippen LogP contribution in [0.1, 0.15) is 24.3 Å². The van der Waals surface area contributed by atoms with Crippen LogP contribution in [-0.4, -0.2) is 16.1 Å². The number of carboxylic acids is 1. The van der Waals surface area contributed by atoms with E-state index in [0.717, 1.165) is 0 Å². The second-order valence-electron chi connectivity index (χ2n) is 1.52. The van der Waals surface area contributed by atoms with Gasteiger partial charge in [-0.25, -0.2) is 9.78 Å². The molecular formula is C8H11I2NO2. The van der Waals surface area contributed by atoms with Crippen LogP contribution in [0.3, 0.4) is 0 Å². The number of pyridine rings is 1. The Labute approximate surface area is 101 Å². The summed E-state index contributed by atoms with van der Waals surface area (Å²) >= 11 is 4.24. The number of aromatic carboxylic acids is 1. The van der Waals surface area contributed by atoms with Crippen LogP contribution >= 0.6 is 37.2 Å². The van der Waals surface area contributed by atoms with Crippen molar-refractivity contribution in [2.24, 2.45) is 0 Å². The molecule has 1 N–H and O–H groups in total. The van der Waals surface area contributed by atoms with Gasteiger partial charge in [0.15, 0.2) is 0 Å². The molecule has 0 amide bonds. The van der Waals surface area contributed by atoms with Gasteiger partial charge in [-0.3, -0.25) is 0 Å². The van der Waals surface area contributed by atoms with Crippen molar-refractivity contribution >= 4 is 43.2 Å². The molecule has 0 aliphatic rings. The fourth-order valence-corrected chi connectivity index (χ4v) is 0.489. The molecule has 0 aliphatic carbocycles. The zero-order valence-corrected chi connectivity index (χ0v) is 11.7. The van der Waals surface area contributed by atoms with Crippen LogP contribution in [0.25, 0.3) is 0 Å². The second-order valence-corrected chi connectivity index (χ2v) is 1.52. The number of hydrogen-bond donors (Lipinski definition) is 1. The number of rotatable bonds is 1. The Morgan fingerprint density at radius 3 is 2.15 bits per heavy atom. The predicted octanol–water partition coefficient (Wildman–Crippen LogP) is 3.58. The quantitative estimate of drug-likeness (QED) is 0.725. The highest BCUT2D eigenvalue weighted by molar-refractivity contribution is 15.0. The van der Waals surface area contributed by atoms with Gasteiger partial charge in [-0.05, 0) is 12.1 Å². The van der Waals surface area contributed by atoms with Crippen molar-refractivity contribution in [2.45, 2.75) is 13.8 Å². The Balaban J connectivity index is 0. The van der Waals surface area contributed by atoms with Crippen molar-refractivity contribution in [3.63, 3.8) is 0 Å². The number of carbonyl (C=O) groups is 1. The monoisotopic (exact) mass is 407 g/mol. The van der Waals surface area contributed by atoms with Crippen LogP contribution in [-0.2, 0) is 0 Å². The summed E-state index contributed by atoms with van der Waals surface area (Å²) in [5.74, 6) is -0.990. The average molecular weight is 407 g/mol. The molecule has 1 heterocycles. The van der Waals surface area contributed by atoms with Crippen molar-refractivity contribution < 1.29 is 9.90 Å². The number of aromatic nitrogens is 1. The SMILES string of the molecule is CC.II.O=C(O)c1ccccn1. The molecule has 3 nitrogen and oxygen atoms in total. The number of nitrogens with zero attached hydrogens (tertiary/aromatic N) is 1.